The Bertz CT molecular complexity index is 351. The number of nitrogens with zero attached hydrogens (tertiary/aromatic N) is 2. The molecule has 1 saturated heterocycles. The number of hydrogen-bond acceptors (Lipinski definition) is 4. The second kappa shape index (κ2) is 5.21. The van der Waals surface area contributed by atoms with Gasteiger partial charge in [0, 0.05) is 6.04 Å². The van der Waals surface area contributed by atoms with E-state index < -0.39 is 0 Å². The second-order valence-electron chi connectivity index (χ2n) is 4.15. The molecular weight excluding hydrogens is 240 g/mol. The summed E-state index contributed by atoms with van der Waals surface area (Å²) >= 11 is 7.07. The van der Waals surface area contributed by atoms with E-state index in [-0.39, 0.29) is 0 Å². The van der Waals surface area contributed by atoms with Gasteiger partial charge in [0.05, 0.1) is 25.4 Å². The maximum Gasteiger partial charge on any atom is 0.138 e. The molecular formula is C11H16N2OS2. The Morgan fingerprint density at radius 2 is 2.38 bits per heavy atom. The van der Waals surface area contributed by atoms with Gasteiger partial charge in [-0.3, -0.25) is 4.90 Å². The predicted molar refractivity (Wildman–Crippen MR) is 71.1 cm³/mol. The predicted octanol–water partition coefficient (Wildman–Crippen LogP) is 2.74. The molecule has 0 bridgehead atoms. The highest BCUT2D eigenvalue weighted by atomic mass is 32.2. The standard InChI is InChI=1S/C11H16N2OS2/c1-9(2)13-7-12(8-16-11(13)15)6-10-4-3-5-14-10/h3-5,9H,6-8H2,1-2H3. The summed E-state index contributed by atoms with van der Waals surface area (Å²) in [5, 5.41) is 0. The average molecular weight is 256 g/mol. The molecule has 0 aliphatic carbocycles. The molecule has 0 radical (unpaired) electrons. The first-order valence-corrected chi connectivity index (χ1v) is 6.74. The number of furan rings is 1. The molecule has 1 aromatic heterocycles. The zero-order valence-corrected chi connectivity index (χ0v) is 11.2. The van der Waals surface area contributed by atoms with Crippen LogP contribution in [-0.2, 0) is 6.54 Å². The van der Waals surface area contributed by atoms with Crippen LogP contribution in [0.15, 0.2) is 22.8 Å². The number of rotatable bonds is 3. The van der Waals surface area contributed by atoms with Crippen molar-refractivity contribution in [2.45, 2.75) is 26.4 Å². The van der Waals surface area contributed by atoms with Crippen LogP contribution >= 0.6 is 24.0 Å². The number of hydrogen-bond donors (Lipinski definition) is 0. The maximum atomic E-state index is 5.36. The zero-order chi connectivity index (χ0) is 11.5. The Balaban J connectivity index is 1.95. The summed E-state index contributed by atoms with van der Waals surface area (Å²) in [6.07, 6.45) is 1.72. The van der Waals surface area contributed by atoms with Crippen LogP contribution < -0.4 is 0 Å². The molecule has 0 N–H and O–H groups in total. The monoisotopic (exact) mass is 256 g/mol. The zero-order valence-electron chi connectivity index (χ0n) is 9.55. The summed E-state index contributed by atoms with van der Waals surface area (Å²) in [7, 11) is 0. The Morgan fingerprint density at radius 1 is 1.56 bits per heavy atom. The Morgan fingerprint density at radius 3 is 3.00 bits per heavy atom. The average Bonchev–Trinajstić information content (AvgIpc) is 2.73. The van der Waals surface area contributed by atoms with Crippen molar-refractivity contribution in [1.29, 1.82) is 0 Å². The first-order valence-electron chi connectivity index (χ1n) is 5.35. The minimum Gasteiger partial charge on any atom is -0.468 e. The van der Waals surface area contributed by atoms with Gasteiger partial charge < -0.3 is 9.32 Å². The molecule has 1 aliphatic heterocycles. The van der Waals surface area contributed by atoms with E-state index in [1.54, 1.807) is 18.0 Å². The van der Waals surface area contributed by atoms with Crippen LogP contribution in [0, 0.1) is 0 Å². The highest BCUT2D eigenvalue weighted by Crippen LogP contribution is 2.22. The molecule has 5 heteroatoms. The van der Waals surface area contributed by atoms with Gasteiger partial charge in [-0.25, -0.2) is 0 Å². The molecule has 0 atom stereocenters. The summed E-state index contributed by atoms with van der Waals surface area (Å²) in [5.74, 6) is 1.96. The van der Waals surface area contributed by atoms with E-state index in [0.717, 1.165) is 29.2 Å². The van der Waals surface area contributed by atoms with Crippen LogP contribution in [0.5, 0.6) is 0 Å². The second-order valence-corrected chi connectivity index (χ2v) is 5.73. The van der Waals surface area contributed by atoms with Crippen molar-refractivity contribution in [3.63, 3.8) is 0 Å². The molecule has 2 heterocycles. The van der Waals surface area contributed by atoms with Gasteiger partial charge in [-0.2, -0.15) is 0 Å². The smallest absolute Gasteiger partial charge is 0.138 e. The lowest BCUT2D eigenvalue weighted by Gasteiger charge is -2.38. The Labute approximate surface area is 106 Å². The van der Waals surface area contributed by atoms with E-state index in [0.29, 0.717) is 6.04 Å². The molecule has 0 aromatic carbocycles. The van der Waals surface area contributed by atoms with Crippen LogP contribution in [0.1, 0.15) is 19.6 Å². The summed E-state index contributed by atoms with van der Waals surface area (Å²) in [5.41, 5.74) is 0. The fraction of sp³-hybridized carbons (Fsp3) is 0.545. The highest BCUT2D eigenvalue weighted by molar-refractivity contribution is 8.22. The van der Waals surface area contributed by atoms with Crippen molar-refractivity contribution >= 4 is 28.3 Å². The lowest BCUT2D eigenvalue weighted by atomic mass is 10.3. The van der Waals surface area contributed by atoms with Crippen molar-refractivity contribution < 1.29 is 4.42 Å². The van der Waals surface area contributed by atoms with E-state index in [1.165, 1.54) is 0 Å². The van der Waals surface area contributed by atoms with Gasteiger partial charge in [-0.15, -0.1) is 0 Å². The SMILES string of the molecule is CC(C)N1CN(Cc2ccco2)CSC1=S. The quantitative estimate of drug-likeness (QED) is 0.772. The molecule has 1 aromatic rings. The first-order chi connectivity index (χ1) is 7.66. The Hall–Kier alpha value is -0.520. The fourth-order valence-electron chi connectivity index (χ4n) is 1.64. The highest BCUT2D eigenvalue weighted by Gasteiger charge is 2.23. The van der Waals surface area contributed by atoms with Gasteiger partial charge >= 0.3 is 0 Å². The Kier molecular flexibility index (Phi) is 3.89. The first kappa shape index (κ1) is 12.0. The fourth-order valence-corrected chi connectivity index (χ4v) is 2.96. The molecule has 0 unspecified atom stereocenters. The normalized spacial score (nSPS) is 18.4. The van der Waals surface area contributed by atoms with E-state index in [9.17, 15) is 0 Å². The topological polar surface area (TPSA) is 19.6 Å². The van der Waals surface area contributed by atoms with Crippen molar-refractivity contribution in [2.24, 2.45) is 0 Å². The van der Waals surface area contributed by atoms with Crippen molar-refractivity contribution in [3.8, 4) is 0 Å². The van der Waals surface area contributed by atoms with Gasteiger partial charge in [0.15, 0.2) is 0 Å². The lowest BCUT2D eigenvalue weighted by molar-refractivity contribution is 0.172. The minimum absolute atomic E-state index is 0.458. The molecule has 2 rings (SSSR count). The third kappa shape index (κ3) is 2.78. The van der Waals surface area contributed by atoms with Crippen molar-refractivity contribution in [2.75, 3.05) is 12.5 Å². The van der Waals surface area contributed by atoms with Crippen molar-refractivity contribution in [1.82, 2.24) is 9.80 Å². The lowest BCUT2D eigenvalue weighted by Crippen LogP contribution is -2.47. The molecule has 1 fully saturated rings. The van der Waals surface area contributed by atoms with Crippen LogP contribution in [0.3, 0.4) is 0 Å². The van der Waals surface area contributed by atoms with Crippen LogP contribution in [-0.4, -0.2) is 32.7 Å². The van der Waals surface area contributed by atoms with E-state index >= 15 is 0 Å². The van der Waals surface area contributed by atoms with Gasteiger partial charge in [-0.1, -0.05) is 24.0 Å². The summed E-state index contributed by atoms with van der Waals surface area (Å²) < 4.78 is 6.36. The van der Waals surface area contributed by atoms with Crippen LogP contribution in [0.4, 0.5) is 0 Å². The summed E-state index contributed by atoms with van der Waals surface area (Å²) in [6, 6.07) is 4.40. The van der Waals surface area contributed by atoms with Gasteiger partial charge in [0.1, 0.15) is 10.1 Å². The number of thioether (sulfide) groups is 1. The molecule has 0 amide bonds. The molecule has 0 saturated carbocycles. The van der Waals surface area contributed by atoms with Crippen LogP contribution in [0.2, 0.25) is 0 Å². The third-order valence-electron chi connectivity index (χ3n) is 2.54. The molecule has 3 nitrogen and oxygen atoms in total. The van der Waals surface area contributed by atoms with Gasteiger partial charge in [0.2, 0.25) is 0 Å². The minimum atomic E-state index is 0.458. The maximum absolute atomic E-state index is 5.36. The van der Waals surface area contributed by atoms with E-state index in [1.807, 2.05) is 12.1 Å². The summed E-state index contributed by atoms with van der Waals surface area (Å²) in [6.45, 7) is 6.09. The molecule has 16 heavy (non-hydrogen) atoms. The number of thiocarbonyl (C=S) groups is 1. The molecule has 88 valence electrons. The summed E-state index contributed by atoms with van der Waals surface area (Å²) in [4.78, 5) is 4.58. The van der Waals surface area contributed by atoms with Gasteiger partial charge in [0.25, 0.3) is 0 Å². The largest absolute Gasteiger partial charge is 0.468 e. The van der Waals surface area contributed by atoms with E-state index in [4.69, 9.17) is 16.6 Å². The molecule has 0 spiro atoms. The van der Waals surface area contributed by atoms with Crippen molar-refractivity contribution in [3.05, 3.63) is 24.2 Å². The third-order valence-corrected chi connectivity index (χ3v) is 4.10. The van der Waals surface area contributed by atoms with Crippen LogP contribution in [0.25, 0.3) is 0 Å². The molecule has 1 aliphatic rings. The van der Waals surface area contributed by atoms with E-state index in [2.05, 4.69) is 23.6 Å². The van der Waals surface area contributed by atoms with Gasteiger partial charge in [-0.05, 0) is 26.0 Å².